The SMILES string of the molecule is NNC(CSc1cccc(F)c1)Cc1ccsc1. The Labute approximate surface area is 114 Å². The Hall–Kier alpha value is -0.880. The molecule has 1 aromatic heterocycles. The Kier molecular flexibility index (Phi) is 5.19. The van der Waals surface area contributed by atoms with Gasteiger partial charge in [-0.3, -0.25) is 11.3 Å². The van der Waals surface area contributed by atoms with Gasteiger partial charge in [-0.15, -0.1) is 11.8 Å². The fraction of sp³-hybridized carbons (Fsp3) is 0.231. The van der Waals surface area contributed by atoms with Crippen molar-refractivity contribution in [3.8, 4) is 0 Å². The van der Waals surface area contributed by atoms with E-state index in [-0.39, 0.29) is 11.9 Å². The molecule has 0 amide bonds. The normalized spacial score (nSPS) is 12.6. The average molecular weight is 282 g/mol. The Balaban J connectivity index is 1.87. The van der Waals surface area contributed by atoms with E-state index in [1.165, 1.54) is 11.6 Å². The van der Waals surface area contributed by atoms with Crippen LogP contribution in [0.1, 0.15) is 5.56 Å². The highest BCUT2D eigenvalue weighted by Gasteiger charge is 2.09. The van der Waals surface area contributed by atoms with Crippen molar-refractivity contribution >= 4 is 23.1 Å². The Morgan fingerprint density at radius 1 is 1.39 bits per heavy atom. The topological polar surface area (TPSA) is 38.0 Å². The van der Waals surface area contributed by atoms with E-state index in [4.69, 9.17) is 5.84 Å². The summed E-state index contributed by atoms with van der Waals surface area (Å²) in [6.45, 7) is 0. The summed E-state index contributed by atoms with van der Waals surface area (Å²) in [5.74, 6) is 6.17. The van der Waals surface area contributed by atoms with E-state index in [1.54, 1.807) is 35.2 Å². The highest BCUT2D eigenvalue weighted by molar-refractivity contribution is 7.99. The first kappa shape index (κ1) is 13.5. The number of hydrogen-bond acceptors (Lipinski definition) is 4. The van der Waals surface area contributed by atoms with Gasteiger partial charge in [0.05, 0.1) is 0 Å². The van der Waals surface area contributed by atoms with Crippen molar-refractivity contribution in [3.63, 3.8) is 0 Å². The number of hydrogen-bond donors (Lipinski definition) is 2. The lowest BCUT2D eigenvalue weighted by molar-refractivity contribution is 0.576. The summed E-state index contributed by atoms with van der Waals surface area (Å²) < 4.78 is 13.0. The van der Waals surface area contributed by atoms with Crippen molar-refractivity contribution in [1.82, 2.24) is 5.43 Å². The maximum Gasteiger partial charge on any atom is 0.124 e. The number of halogens is 1. The zero-order chi connectivity index (χ0) is 12.8. The highest BCUT2D eigenvalue weighted by atomic mass is 32.2. The molecule has 2 aromatic rings. The lowest BCUT2D eigenvalue weighted by Gasteiger charge is -2.14. The van der Waals surface area contributed by atoms with Crippen molar-refractivity contribution in [2.75, 3.05) is 5.75 Å². The van der Waals surface area contributed by atoms with Crippen LogP contribution in [0, 0.1) is 5.82 Å². The molecule has 1 aromatic carbocycles. The number of nitrogens with one attached hydrogen (secondary N) is 1. The average Bonchev–Trinajstić information content (AvgIpc) is 2.87. The Bertz CT molecular complexity index is 474. The molecule has 1 atom stereocenters. The van der Waals surface area contributed by atoms with Crippen molar-refractivity contribution < 1.29 is 4.39 Å². The predicted octanol–water partition coefficient (Wildman–Crippen LogP) is 3.05. The van der Waals surface area contributed by atoms with E-state index in [9.17, 15) is 4.39 Å². The monoisotopic (exact) mass is 282 g/mol. The van der Waals surface area contributed by atoms with Gasteiger partial charge in [0.1, 0.15) is 5.82 Å². The number of thioether (sulfide) groups is 1. The van der Waals surface area contributed by atoms with Gasteiger partial charge in [0.25, 0.3) is 0 Å². The molecule has 1 unspecified atom stereocenters. The van der Waals surface area contributed by atoms with Crippen LogP contribution in [0.2, 0.25) is 0 Å². The van der Waals surface area contributed by atoms with Gasteiger partial charge in [-0.2, -0.15) is 11.3 Å². The zero-order valence-electron chi connectivity index (χ0n) is 9.80. The van der Waals surface area contributed by atoms with Crippen LogP contribution in [0.4, 0.5) is 4.39 Å². The Morgan fingerprint density at radius 3 is 2.94 bits per heavy atom. The quantitative estimate of drug-likeness (QED) is 0.486. The van der Waals surface area contributed by atoms with Crippen LogP contribution in [-0.2, 0) is 6.42 Å². The minimum atomic E-state index is -0.199. The highest BCUT2D eigenvalue weighted by Crippen LogP contribution is 2.20. The lowest BCUT2D eigenvalue weighted by atomic mass is 10.1. The third-order valence-electron chi connectivity index (χ3n) is 2.55. The second kappa shape index (κ2) is 6.89. The molecule has 0 saturated carbocycles. The largest absolute Gasteiger partial charge is 0.271 e. The van der Waals surface area contributed by atoms with Crippen LogP contribution >= 0.6 is 23.1 Å². The van der Waals surface area contributed by atoms with Crippen molar-refractivity contribution in [2.24, 2.45) is 5.84 Å². The van der Waals surface area contributed by atoms with E-state index in [1.807, 2.05) is 6.07 Å². The van der Waals surface area contributed by atoms with Crippen LogP contribution in [0.5, 0.6) is 0 Å². The summed E-state index contributed by atoms with van der Waals surface area (Å²) in [4.78, 5) is 0.931. The number of hydrazine groups is 1. The van der Waals surface area contributed by atoms with E-state index < -0.39 is 0 Å². The summed E-state index contributed by atoms with van der Waals surface area (Å²) in [6, 6.07) is 8.92. The summed E-state index contributed by atoms with van der Waals surface area (Å²) in [5, 5.41) is 4.18. The van der Waals surface area contributed by atoms with E-state index in [0.717, 1.165) is 17.1 Å². The van der Waals surface area contributed by atoms with Gasteiger partial charge >= 0.3 is 0 Å². The molecule has 2 nitrogen and oxygen atoms in total. The molecular formula is C13H15FN2S2. The minimum Gasteiger partial charge on any atom is -0.271 e. The summed E-state index contributed by atoms with van der Waals surface area (Å²) in [7, 11) is 0. The molecule has 3 N–H and O–H groups in total. The fourth-order valence-electron chi connectivity index (χ4n) is 1.61. The van der Waals surface area contributed by atoms with Gasteiger partial charge < -0.3 is 0 Å². The number of benzene rings is 1. The summed E-state index contributed by atoms with van der Waals surface area (Å²) in [6.07, 6.45) is 0.891. The molecular weight excluding hydrogens is 267 g/mol. The molecule has 0 radical (unpaired) electrons. The summed E-state index contributed by atoms with van der Waals surface area (Å²) >= 11 is 3.29. The molecule has 1 heterocycles. The number of thiophene rings is 1. The van der Waals surface area contributed by atoms with E-state index in [2.05, 4.69) is 22.3 Å². The maximum atomic E-state index is 13.0. The molecule has 0 bridgehead atoms. The van der Waals surface area contributed by atoms with Crippen molar-refractivity contribution in [1.29, 1.82) is 0 Å². The van der Waals surface area contributed by atoms with Crippen LogP contribution in [0.15, 0.2) is 46.0 Å². The molecule has 0 fully saturated rings. The maximum absolute atomic E-state index is 13.0. The van der Waals surface area contributed by atoms with Gasteiger partial charge in [0.15, 0.2) is 0 Å². The Morgan fingerprint density at radius 2 is 2.28 bits per heavy atom. The van der Waals surface area contributed by atoms with Gasteiger partial charge in [0.2, 0.25) is 0 Å². The van der Waals surface area contributed by atoms with Crippen LogP contribution in [-0.4, -0.2) is 11.8 Å². The number of nitrogens with two attached hydrogens (primary N) is 1. The second-order valence-corrected chi connectivity index (χ2v) is 5.84. The first-order valence-corrected chi connectivity index (χ1v) is 7.56. The first-order valence-electron chi connectivity index (χ1n) is 5.63. The van der Waals surface area contributed by atoms with Crippen molar-refractivity contribution in [3.05, 3.63) is 52.5 Å². The lowest BCUT2D eigenvalue weighted by Crippen LogP contribution is -2.38. The molecule has 18 heavy (non-hydrogen) atoms. The van der Waals surface area contributed by atoms with Gasteiger partial charge in [-0.25, -0.2) is 4.39 Å². The predicted molar refractivity (Wildman–Crippen MR) is 76.3 cm³/mol. The minimum absolute atomic E-state index is 0.188. The van der Waals surface area contributed by atoms with Crippen LogP contribution in [0.3, 0.4) is 0 Å². The molecule has 0 saturated heterocycles. The standard InChI is InChI=1S/C13H15FN2S2/c14-11-2-1-3-13(7-11)18-9-12(16-15)6-10-4-5-17-8-10/h1-5,7-8,12,16H,6,9,15H2. The zero-order valence-corrected chi connectivity index (χ0v) is 11.4. The fourth-order valence-corrected chi connectivity index (χ4v) is 3.27. The molecule has 0 aliphatic rings. The first-order chi connectivity index (χ1) is 8.78. The molecule has 0 aliphatic carbocycles. The molecule has 5 heteroatoms. The van der Waals surface area contributed by atoms with E-state index >= 15 is 0 Å². The van der Waals surface area contributed by atoms with Crippen LogP contribution in [0.25, 0.3) is 0 Å². The molecule has 96 valence electrons. The van der Waals surface area contributed by atoms with Crippen molar-refractivity contribution in [2.45, 2.75) is 17.4 Å². The van der Waals surface area contributed by atoms with Gasteiger partial charge in [-0.1, -0.05) is 6.07 Å². The third kappa shape index (κ3) is 4.10. The molecule has 0 spiro atoms. The third-order valence-corrected chi connectivity index (χ3v) is 4.43. The van der Waals surface area contributed by atoms with E-state index in [0.29, 0.717) is 0 Å². The molecule has 0 aliphatic heterocycles. The van der Waals surface area contributed by atoms with Gasteiger partial charge in [-0.05, 0) is 47.0 Å². The molecule has 2 rings (SSSR count). The van der Waals surface area contributed by atoms with Crippen LogP contribution < -0.4 is 11.3 Å². The number of rotatable bonds is 6. The smallest absolute Gasteiger partial charge is 0.124 e. The van der Waals surface area contributed by atoms with Gasteiger partial charge in [0, 0.05) is 16.7 Å². The summed E-state index contributed by atoms with van der Waals surface area (Å²) in [5.41, 5.74) is 4.10. The second-order valence-electron chi connectivity index (χ2n) is 3.97.